The van der Waals surface area contributed by atoms with E-state index < -0.39 is 0 Å². The molecule has 1 aromatic heterocycles. The van der Waals surface area contributed by atoms with Gasteiger partial charge in [0.1, 0.15) is 5.00 Å². The van der Waals surface area contributed by atoms with E-state index in [0.717, 1.165) is 14.9 Å². The molecule has 62 valence electrons. The number of rotatable bonds is 3. The fourth-order valence-electron chi connectivity index (χ4n) is 0.593. The molecule has 0 saturated carbocycles. The first-order valence-electron chi connectivity index (χ1n) is 2.95. The molecule has 11 heavy (non-hydrogen) atoms. The fraction of sp³-hybridized carbons (Fsp3) is 0.333. The maximum absolute atomic E-state index is 5.79. The number of halogens is 1. The molecular weight excluding hydrogens is 186 g/mol. The smallest absolute Gasteiger partial charge is 0.118 e. The maximum atomic E-state index is 5.79. The van der Waals surface area contributed by atoms with Crippen LogP contribution < -0.4 is 5.48 Å². The minimum absolute atomic E-state index is 0.757. The Kier molecular flexibility index (Phi) is 3.14. The predicted molar refractivity (Wildman–Crippen MR) is 45.8 cm³/mol. The van der Waals surface area contributed by atoms with Crippen LogP contribution in [0.15, 0.2) is 6.07 Å². The zero-order valence-corrected chi connectivity index (χ0v) is 7.75. The quantitative estimate of drug-likeness (QED) is 0.592. The summed E-state index contributed by atoms with van der Waals surface area (Å²) in [4.78, 5) is 8.84. The molecule has 0 spiro atoms. The third-order valence-corrected chi connectivity index (χ3v) is 2.53. The molecule has 0 radical (unpaired) electrons. The van der Waals surface area contributed by atoms with Gasteiger partial charge in [-0.05, 0) is 18.6 Å². The Labute approximate surface area is 73.8 Å². The lowest BCUT2D eigenvalue weighted by Gasteiger charge is -1.96. The van der Waals surface area contributed by atoms with Crippen molar-refractivity contribution in [3.63, 3.8) is 0 Å². The number of anilines is 1. The summed E-state index contributed by atoms with van der Waals surface area (Å²) in [7, 11) is 1.43. The molecule has 1 aromatic rings. The highest BCUT2D eigenvalue weighted by atomic mass is 35.5. The van der Waals surface area contributed by atoms with Crippen LogP contribution in [0.2, 0.25) is 4.34 Å². The van der Waals surface area contributed by atoms with Crippen molar-refractivity contribution in [1.29, 1.82) is 0 Å². The van der Waals surface area contributed by atoms with Gasteiger partial charge in [0.15, 0.2) is 0 Å². The summed E-state index contributed by atoms with van der Waals surface area (Å²) in [5.41, 5.74) is 3.59. The van der Waals surface area contributed by atoms with E-state index >= 15 is 0 Å². The molecule has 5 heteroatoms. The van der Waals surface area contributed by atoms with Crippen molar-refractivity contribution in [2.45, 2.75) is 6.92 Å². The average molecular weight is 194 g/mol. The van der Waals surface area contributed by atoms with Gasteiger partial charge < -0.3 is 0 Å². The second-order valence-corrected chi connectivity index (χ2v) is 3.57. The molecule has 0 aliphatic rings. The van der Waals surface area contributed by atoms with Crippen molar-refractivity contribution in [3.8, 4) is 0 Å². The highest BCUT2D eigenvalue weighted by Crippen LogP contribution is 2.30. The number of aryl methyl sites for hydroxylation is 1. The van der Waals surface area contributed by atoms with Crippen LogP contribution in [0.5, 0.6) is 0 Å². The Morgan fingerprint density at radius 2 is 2.36 bits per heavy atom. The van der Waals surface area contributed by atoms with Gasteiger partial charge in [0.25, 0.3) is 0 Å². The highest BCUT2D eigenvalue weighted by molar-refractivity contribution is 7.20. The third kappa shape index (κ3) is 2.34. The molecule has 1 N–H and O–H groups in total. The second-order valence-electron chi connectivity index (χ2n) is 1.92. The molecular formula is C6H8ClNO2S. The van der Waals surface area contributed by atoms with E-state index in [4.69, 9.17) is 11.6 Å². The van der Waals surface area contributed by atoms with E-state index in [2.05, 4.69) is 15.4 Å². The summed E-state index contributed by atoms with van der Waals surface area (Å²) in [5, 5.41) is 0.828. The van der Waals surface area contributed by atoms with Crippen molar-refractivity contribution in [1.82, 2.24) is 0 Å². The first-order valence-corrected chi connectivity index (χ1v) is 4.15. The molecule has 0 amide bonds. The lowest BCUT2D eigenvalue weighted by molar-refractivity contribution is -0.248. The van der Waals surface area contributed by atoms with Crippen LogP contribution >= 0.6 is 22.9 Å². The maximum Gasteiger partial charge on any atom is 0.118 e. The van der Waals surface area contributed by atoms with E-state index in [1.807, 2.05) is 13.0 Å². The van der Waals surface area contributed by atoms with Crippen molar-refractivity contribution in [2.24, 2.45) is 0 Å². The molecule has 0 aliphatic heterocycles. The summed E-state index contributed by atoms with van der Waals surface area (Å²) in [6.45, 7) is 1.93. The van der Waals surface area contributed by atoms with E-state index in [9.17, 15) is 0 Å². The normalized spacial score (nSPS) is 10.1. The predicted octanol–water partition coefficient (Wildman–Crippen LogP) is 2.61. The zero-order valence-electron chi connectivity index (χ0n) is 6.18. The molecule has 0 aliphatic carbocycles. The molecule has 1 heterocycles. The van der Waals surface area contributed by atoms with Gasteiger partial charge in [-0.15, -0.1) is 16.3 Å². The Balaban J connectivity index is 2.58. The van der Waals surface area contributed by atoms with Crippen LogP contribution in [0.4, 0.5) is 5.00 Å². The topological polar surface area (TPSA) is 30.5 Å². The van der Waals surface area contributed by atoms with E-state index in [1.54, 1.807) is 0 Å². The van der Waals surface area contributed by atoms with Crippen molar-refractivity contribution < 1.29 is 9.88 Å². The summed E-state index contributed by atoms with van der Waals surface area (Å²) in [5.74, 6) is 0. The Bertz CT molecular complexity index is 219. The Morgan fingerprint density at radius 3 is 2.82 bits per heavy atom. The SMILES string of the molecule is COONc1cc(C)c(Cl)s1. The van der Waals surface area contributed by atoms with Gasteiger partial charge in [0.2, 0.25) is 0 Å². The highest BCUT2D eigenvalue weighted by Gasteiger charge is 2.01. The Morgan fingerprint density at radius 1 is 1.64 bits per heavy atom. The van der Waals surface area contributed by atoms with Crippen molar-refractivity contribution in [3.05, 3.63) is 16.0 Å². The minimum atomic E-state index is 0.757. The molecule has 0 bridgehead atoms. The van der Waals surface area contributed by atoms with Crippen LogP contribution in [0.25, 0.3) is 0 Å². The van der Waals surface area contributed by atoms with Crippen LogP contribution in [0.1, 0.15) is 5.56 Å². The lowest BCUT2D eigenvalue weighted by Crippen LogP contribution is -1.96. The summed E-state index contributed by atoms with van der Waals surface area (Å²) in [6, 6.07) is 1.88. The standard InChI is InChI=1S/C6H8ClNO2S/c1-4-3-5(8-10-9-2)11-6(4)7/h3,8H,1-2H3. The monoisotopic (exact) mass is 193 g/mol. The van der Waals surface area contributed by atoms with Crippen molar-refractivity contribution >= 4 is 27.9 Å². The molecule has 0 unspecified atom stereocenters. The van der Waals surface area contributed by atoms with E-state index in [1.165, 1.54) is 18.4 Å². The first kappa shape index (κ1) is 8.80. The third-order valence-electron chi connectivity index (χ3n) is 1.08. The minimum Gasteiger partial charge on any atom is -0.225 e. The lowest BCUT2D eigenvalue weighted by atomic mass is 10.4. The zero-order chi connectivity index (χ0) is 8.27. The van der Waals surface area contributed by atoms with Gasteiger partial charge in [-0.25, -0.2) is 10.4 Å². The molecule has 3 nitrogen and oxygen atoms in total. The largest absolute Gasteiger partial charge is 0.225 e. The van der Waals surface area contributed by atoms with Gasteiger partial charge in [0, 0.05) is 0 Å². The van der Waals surface area contributed by atoms with E-state index in [0.29, 0.717) is 0 Å². The fourth-order valence-corrected chi connectivity index (χ4v) is 1.62. The summed E-state index contributed by atoms with van der Waals surface area (Å²) < 4.78 is 0.757. The average Bonchev–Trinajstić information content (AvgIpc) is 2.28. The van der Waals surface area contributed by atoms with Gasteiger partial charge in [-0.2, -0.15) is 0 Å². The molecule has 0 aromatic carbocycles. The Hall–Kier alpha value is -0.290. The number of thiophene rings is 1. The van der Waals surface area contributed by atoms with Gasteiger partial charge in [-0.3, -0.25) is 0 Å². The summed E-state index contributed by atoms with van der Waals surface area (Å²) >= 11 is 7.19. The first-order chi connectivity index (χ1) is 5.24. The van der Waals surface area contributed by atoms with Gasteiger partial charge in [-0.1, -0.05) is 11.6 Å². The van der Waals surface area contributed by atoms with Crippen LogP contribution in [-0.4, -0.2) is 7.11 Å². The number of hydrogen-bond acceptors (Lipinski definition) is 4. The van der Waals surface area contributed by atoms with Crippen LogP contribution in [0.3, 0.4) is 0 Å². The van der Waals surface area contributed by atoms with Crippen LogP contribution in [0, 0.1) is 6.92 Å². The van der Waals surface area contributed by atoms with Gasteiger partial charge >= 0.3 is 0 Å². The molecule has 0 saturated heterocycles. The second kappa shape index (κ2) is 3.92. The van der Waals surface area contributed by atoms with E-state index in [-0.39, 0.29) is 0 Å². The van der Waals surface area contributed by atoms with Gasteiger partial charge in [0.05, 0.1) is 11.4 Å². The van der Waals surface area contributed by atoms with Crippen molar-refractivity contribution in [2.75, 3.05) is 12.6 Å². The molecule has 0 atom stereocenters. The number of hydrogen-bond donors (Lipinski definition) is 1. The number of nitrogens with one attached hydrogen (secondary N) is 1. The molecule has 1 rings (SSSR count). The van der Waals surface area contributed by atoms with Crippen LogP contribution in [-0.2, 0) is 9.88 Å². The molecule has 0 fully saturated rings. The summed E-state index contributed by atoms with van der Waals surface area (Å²) in [6.07, 6.45) is 0.